The summed E-state index contributed by atoms with van der Waals surface area (Å²) in [6.45, 7) is 1.61. The molecule has 0 unspecified atom stereocenters. The highest BCUT2D eigenvalue weighted by molar-refractivity contribution is 5.98. The molecule has 0 bridgehead atoms. The molecule has 0 spiro atoms. The number of para-hydroxylation sites is 1. The third-order valence-corrected chi connectivity index (χ3v) is 3.20. The summed E-state index contributed by atoms with van der Waals surface area (Å²) >= 11 is 0. The molecule has 1 saturated heterocycles. The van der Waals surface area contributed by atoms with E-state index in [4.69, 9.17) is 10.8 Å². The highest BCUT2D eigenvalue weighted by Crippen LogP contribution is 2.23. The zero-order valence-electron chi connectivity index (χ0n) is 10.6. The first-order chi connectivity index (χ1) is 9.09. The van der Waals surface area contributed by atoms with Crippen molar-refractivity contribution in [2.45, 2.75) is 12.8 Å². The molecule has 0 atom stereocenters. The maximum absolute atomic E-state index is 11.9. The Hall–Kier alpha value is -2.24. The molecule has 0 radical (unpaired) electrons. The smallest absolute Gasteiger partial charge is 0.337 e. The summed E-state index contributed by atoms with van der Waals surface area (Å²) in [5.74, 6) is -1.10. The Bertz CT molecular complexity index is 496. The third-order valence-electron chi connectivity index (χ3n) is 3.20. The van der Waals surface area contributed by atoms with Crippen molar-refractivity contribution >= 4 is 23.3 Å². The molecule has 0 saturated carbocycles. The lowest BCUT2D eigenvalue weighted by atomic mass is 10.1. The molecule has 6 nitrogen and oxygen atoms in total. The van der Waals surface area contributed by atoms with Gasteiger partial charge in [-0.15, -0.1) is 0 Å². The van der Waals surface area contributed by atoms with E-state index >= 15 is 0 Å². The Balaban J connectivity index is 2.06. The number of carboxylic acids is 1. The Morgan fingerprint density at radius 2 is 2.00 bits per heavy atom. The van der Waals surface area contributed by atoms with Gasteiger partial charge in [-0.25, -0.2) is 4.79 Å². The van der Waals surface area contributed by atoms with Gasteiger partial charge in [0.1, 0.15) is 0 Å². The van der Waals surface area contributed by atoms with Crippen LogP contribution in [-0.4, -0.2) is 41.5 Å². The van der Waals surface area contributed by atoms with Crippen LogP contribution in [0.2, 0.25) is 0 Å². The Kier molecular flexibility index (Phi) is 3.89. The van der Waals surface area contributed by atoms with Gasteiger partial charge in [0.15, 0.2) is 0 Å². The summed E-state index contributed by atoms with van der Waals surface area (Å²) in [5.41, 5.74) is 6.46. The molecule has 2 rings (SSSR count). The predicted octanol–water partition coefficient (Wildman–Crippen LogP) is 1.00. The van der Waals surface area contributed by atoms with Gasteiger partial charge in [-0.05, 0) is 25.0 Å². The van der Waals surface area contributed by atoms with Crippen LogP contribution < -0.4 is 11.1 Å². The molecule has 1 aromatic carbocycles. The van der Waals surface area contributed by atoms with Gasteiger partial charge in [0.05, 0.1) is 23.5 Å². The van der Waals surface area contributed by atoms with Crippen LogP contribution >= 0.6 is 0 Å². The summed E-state index contributed by atoms with van der Waals surface area (Å²) in [4.78, 5) is 24.7. The number of likely N-dealkylation sites (tertiary alicyclic amines) is 1. The first-order valence-corrected chi connectivity index (χ1v) is 6.23. The fraction of sp³-hybridized carbons (Fsp3) is 0.385. The number of hydrogen-bond acceptors (Lipinski definition) is 4. The summed E-state index contributed by atoms with van der Waals surface area (Å²) < 4.78 is 0. The number of nitrogens with two attached hydrogens (primary N) is 1. The molecule has 102 valence electrons. The fourth-order valence-electron chi connectivity index (χ4n) is 2.19. The normalized spacial score (nSPS) is 14.4. The van der Waals surface area contributed by atoms with Gasteiger partial charge in [0.25, 0.3) is 0 Å². The topological polar surface area (TPSA) is 95.7 Å². The van der Waals surface area contributed by atoms with Gasteiger partial charge in [0.2, 0.25) is 5.91 Å². The summed E-state index contributed by atoms with van der Waals surface area (Å²) in [6.07, 6.45) is 2.05. The van der Waals surface area contributed by atoms with Gasteiger partial charge in [-0.2, -0.15) is 0 Å². The number of nitrogens with zero attached hydrogens (tertiary/aromatic N) is 1. The van der Waals surface area contributed by atoms with Crippen LogP contribution in [-0.2, 0) is 4.79 Å². The van der Waals surface area contributed by atoms with E-state index in [1.165, 1.54) is 6.07 Å². The minimum atomic E-state index is -1.07. The van der Waals surface area contributed by atoms with E-state index in [2.05, 4.69) is 5.32 Å². The minimum Gasteiger partial charge on any atom is -0.478 e. The number of amides is 1. The second-order valence-corrected chi connectivity index (χ2v) is 4.52. The van der Waals surface area contributed by atoms with Crippen LogP contribution in [0.4, 0.5) is 11.4 Å². The number of benzene rings is 1. The van der Waals surface area contributed by atoms with Crippen molar-refractivity contribution < 1.29 is 14.7 Å². The zero-order valence-corrected chi connectivity index (χ0v) is 10.6. The second kappa shape index (κ2) is 5.60. The lowest BCUT2D eigenvalue weighted by Crippen LogP contribution is -2.33. The molecule has 1 amide bonds. The van der Waals surface area contributed by atoms with Gasteiger partial charge in [-0.1, -0.05) is 6.07 Å². The molecule has 1 aromatic rings. The first kappa shape index (κ1) is 13.2. The number of carbonyl (C=O) groups is 2. The van der Waals surface area contributed by atoms with Crippen molar-refractivity contribution in [3.63, 3.8) is 0 Å². The Morgan fingerprint density at radius 3 is 2.63 bits per heavy atom. The largest absolute Gasteiger partial charge is 0.478 e. The third kappa shape index (κ3) is 2.96. The second-order valence-electron chi connectivity index (χ2n) is 4.52. The molecule has 1 fully saturated rings. The number of aromatic carboxylic acids is 1. The van der Waals surface area contributed by atoms with E-state index in [-0.39, 0.29) is 18.0 Å². The van der Waals surface area contributed by atoms with Gasteiger partial charge in [-0.3, -0.25) is 4.79 Å². The number of nitrogen functional groups attached to an aromatic ring is 1. The molecule has 1 heterocycles. The van der Waals surface area contributed by atoms with E-state index in [0.29, 0.717) is 11.4 Å². The van der Waals surface area contributed by atoms with E-state index in [1.54, 1.807) is 17.0 Å². The number of carbonyl (C=O) groups excluding carboxylic acids is 1. The molecule has 0 aromatic heterocycles. The number of rotatable bonds is 4. The lowest BCUT2D eigenvalue weighted by Gasteiger charge is -2.17. The van der Waals surface area contributed by atoms with Crippen LogP contribution in [0.3, 0.4) is 0 Å². The van der Waals surface area contributed by atoms with Gasteiger partial charge < -0.3 is 21.1 Å². The number of carboxylic acid groups (broad SMARTS) is 1. The number of anilines is 2. The van der Waals surface area contributed by atoms with Crippen molar-refractivity contribution in [2.75, 3.05) is 30.7 Å². The number of hydrogen-bond donors (Lipinski definition) is 3. The van der Waals surface area contributed by atoms with E-state index in [1.807, 2.05) is 0 Å². The average Bonchev–Trinajstić information content (AvgIpc) is 2.90. The molecule has 6 heteroatoms. The Labute approximate surface area is 111 Å². The highest BCUT2D eigenvalue weighted by Gasteiger charge is 2.19. The summed E-state index contributed by atoms with van der Waals surface area (Å²) in [6, 6.07) is 4.64. The summed E-state index contributed by atoms with van der Waals surface area (Å²) in [7, 11) is 0. The van der Waals surface area contributed by atoms with Gasteiger partial charge >= 0.3 is 5.97 Å². The molecule has 4 N–H and O–H groups in total. The molecule has 0 aliphatic carbocycles. The van der Waals surface area contributed by atoms with Gasteiger partial charge in [0, 0.05) is 13.1 Å². The van der Waals surface area contributed by atoms with Crippen LogP contribution in [0.15, 0.2) is 18.2 Å². The highest BCUT2D eigenvalue weighted by atomic mass is 16.4. The van der Waals surface area contributed by atoms with Crippen LogP contribution in [0, 0.1) is 0 Å². The number of nitrogens with one attached hydrogen (secondary N) is 1. The fourth-order valence-corrected chi connectivity index (χ4v) is 2.19. The molecule has 19 heavy (non-hydrogen) atoms. The SMILES string of the molecule is Nc1cccc(C(=O)O)c1NCC(=O)N1CCCC1. The zero-order chi connectivity index (χ0) is 13.8. The van der Waals surface area contributed by atoms with Crippen molar-refractivity contribution in [2.24, 2.45) is 0 Å². The van der Waals surface area contributed by atoms with Crippen molar-refractivity contribution in [1.82, 2.24) is 4.90 Å². The maximum Gasteiger partial charge on any atom is 0.337 e. The van der Waals surface area contributed by atoms with E-state index < -0.39 is 5.97 Å². The molecular weight excluding hydrogens is 246 g/mol. The van der Waals surface area contributed by atoms with E-state index in [9.17, 15) is 9.59 Å². The maximum atomic E-state index is 11.9. The van der Waals surface area contributed by atoms with Crippen molar-refractivity contribution in [3.05, 3.63) is 23.8 Å². The average molecular weight is 263 g/mol. The first-order valence-electron chi connectivity index (χ1n) is 6.23. The standard InChI is InChI=1S/C13H17N3O3/c14-10-5-3-4-9(13(18)19)12(10)15-8-11(17)16-6-1-2-7-16/h3-5,15H,1-2,6-8,14H2,(H,18,19). The van der Waals surface area contributed by atoms with Crippen molar-refractivity contribution in [3.8, 4) is 0 Å². The molecule has 1 aliphatic rings. The van der Waals surface area contributed by atoms with Crippen LogP contribution in [0.1, 0.15) is 23.2 Å². The van der Waals surface area contributed by atoms with Crippen molar-refractivity contribution in [1.29, 1.82) is 0 Å². The molecule has 1 aliphatic heterocycles. The summed E-state index contributed by atoms with van der Waals surface area (Å²) in [5, 5.41) is 11.9. The quantitative estimate of drug-likeness (QED) is 0.704. The lowest BCUT2D eigenvalue weighted by molar-refractivity contribution is -0.128. The van der Waals surface area contributed by atoms with Crippen LogP contribution in [0.25, 0.3) is 0 Å². The Morgan fingerprint density at radius 1 is 1.32 bits per heavy atom. The van der Waals surface area contributed by atoms with E-state index in [0.717, 1.165) is 25.9 Å². The van der Waals surface area contributed by atoms with Crippen LogP contribution in [0.5, 0.6) is 0 Å². The monoisotopic (exact) mass is 263 g/mol. The molecular formula is C13H17N3O3. The predicted molar refractivity (Wildman–Crippen MR) is 72.1 cm³/mol. The minimum absolute atomic E-state index is 0.0305.